The van der Waals surface area contributed by atoms with E-state index in [9.17, 15) is 17.2 Å². The molecule has 0 aromatic heterocycles. The number of hydrogen-bond donors (Lipinski definition) is 1. The Balaban J connectivity index is 2.90. The summed E-state index contributed by atoms with van der Waals surface area (Å²) in [5, 5.41) is 0. The van der Waals surface area contributed by atoms with Gasteiger partial charge >= 0.3 is 0 Å². The monoisotopic (exact) mass is 235 g/mol. The average Bonchev–Trinajstić information content (AvgIpc) is 2.02. The van der Waals surface area contributed by atoms with E-state index in [4.69, 9.17) is 4.55 Å². The van der Waals surface area contributed by atoms with Crippen LogP contribution in [0.2, 0.25) is 0 Å². The lowest BCUT2D eigenvalue weighted by atomic mass is 10.2. The van der Waals surface area contributed by atoms with E-state index in [1.54, 1.807) is 0 Å². The molecule has 0 aliphatic heterocycles. The maximum Gasteiger partial charge on any atom is 0.269 e. The predicted octanol–water partition coefficient (Wildman–Crippen LogP) is 0.312. The van der Waals surface area contributed by atoms with Gasteiger partial charge in [0, 0.05) is 4.90 Å². The molecule has 0 fully saturated rings. The summed E-state index contributed by atoms with van der Waals surface area (Å²) in [4.78, 5) is 0.0732. The van der Waals surface area contributed by atoms with Crippen LogP contribution in [0.15, 0.2) is 29.2 Å². The molecule has 0 aliphatic carbocycles. The first-order chi connectivity index (χ1) is 6.38. The van der Waals surface area contributed by atoms with Gasteiger partial charge in [-0.25, -0.2) is 0 Å². The average molecular weight is 235 g/mol. The van der Waals surface area contributed by atoms with Crippen LogP contribution in [-0.2, 0) is 27.0 Å². The Hall–Kier alpha value is -0.760. The first-order valence-electron chi connectivity index (χ1n) is 3.52. The molecule has 1 rings (SSSR count). The van der Waals surface area contributed by atoms with Crippen molar-refractivity contribution in [1.29, 1.82) is 0 Å². The second-order valence-corrected chi connectivity index (χ2v) is 5.00. The van der Waals surface area contributed by atoms with Crippen molar-refractivity contribution < 1.29 is 21.7 Å². The molecule has 0 saturated carbocycles. The molecule has 0 aliphatic rings. The van der Waals surface area contributed by atoms with Crippen LogP contribution in [0, 0.1) is 0 Å². The van der Waals surface area contributed by atoms with Gasteiger partial charge in [0.1, 0.15) is 5.75 Å². The van der Waals surface area contributed by atoms with Crippen LogP contribution in [0.4, 0.5) is 0 Å². The zero-order valence-electron chi connectivity index (χ0n) is 6.91. The van der Waals surface area contributed by atoms with E-state index in [0.717, 1.165) is 0 Å². The van der Waals surface area contributed by atoms with E-state index in [-0.39, 0.29) is 4.90 Å². The molecule has 7 heteroatoms. The van der Waals surface area contributed by atoms with Gasteiger partial charge in [0.15, 0.2) is 0 Å². The van der Waals surface area contributed by atoms with Crippen molar-refractivity contribution in [3.05, 3.63) is 29.8 Å². The van der Waals surface area contributed by atoms with Crippen LogP contribution in [0.25, 0.3) is 0 Å². The third-order valence-electron chi connectivity index (χ3n) is 1.46. The first kappa shape index (κ1) is 11.3. The van der Waals surface area contributed by atoms with Crippen molar-refractivity contribution in [2.45, 2.75) is 10.6 Å². The van der Waals surface area contributed by atoms with Crippen molar-refractivity contribution in [3.63, 3.8) is 0 Å². The van der Waals surface area contributed by atoms with E-state index < -0.39 is 27.0 Å². The Kier molecular flexibility index (Phi) is 3.38. The van der Waals surface area contributed by atoms with Crippen LogP contribution < -0.4 is 0 Å². The molecule has 0 radical (unpaired) electrons. The van der Waals surface area contributed by atoms with Gasteiger partial charge in [-0.05, 0) is 28.8 Å². The minimum atomic E-state index is -4.06. The second-order valence-electron chi connectivity index (χ2n) is 2.60. The smallest absolute Gasteiger partial charge is 0.269 e. The topological polar surface area (TPSA) is 94.5 Å². The van der Waals surface area contributed by atoms with Crippen LogP contribution in [0.3, 0.4) is 0 Å². The van der Waals surface area contributed by atoms with Crippen molar-refractivity contribution >= 4 is 21.2 Å². The molecular weight excluding hydrogens is 228 g/mol. The highest BCUT2D eigenvalue weighted by Gasteiger charge is 2.05. The molecule has 14 heavy (non-hydrogen) atoms. The largest absolute Gasteiger partial charge is 0.768 e. The third kappa shape index (κ3) is 3.54. The number of hydrogen-bond acceptors (Lipinski definition) is 4. The summed E-state index contributed by atoms with van der Waals surface area (Å²) < 4.78 is 50.3. The van der Waals surface area contributed by atoms with Gasteiger partial charge in [0.2, 0.25) is 0 Å². The van der Waals surface area contributed by atoms with E-state index in [1.165, 1.54) is 24.3 Å². The molecular formula is C7H7O5S2-. The maximum atomic E-state index is 10.5. The number of benzene rings is 1. The quantitative estimate of drug-likeness (QED) is 0.601. The molecule has 0 bridgehead atoms. The van der Waals surface area contributed by atoms with Gasteiger partial charge in [-0.2, -0.15) is 8.42 Å². The fourth-order valence-electron chi connectivity index (χ4n) is 0.907. The zero-order valence-corrected chi connectivity index (χ0v) is 8.55. The Bertz CT molecular complexity index is 434. The van der Waals surface area contributed by atoms with E-state index in [0.29, 0.717) is 5.56 Å². The normalized spacial score (nSPS) is 13.9. The van der Waals surface area contributed by atoms with Crippen molar-refractivity contribution in [1.82, 2.24) is 0 Å². The van der Waals surface area contributed by atoms with E-state index >= 15 is 0 Å². The van der Waals surface area contributed by atoms with Crippen LogP contribution in [0.1, 0.15) is 5.56 Å². The summed E-state index contributed by atoms with van der Waals surface area (Å²) in [6, 6.07) is 5.20. The Morgan fingerprint density at radius 2 is 1.79 bits per heavy atom. The molecule has 5 nitrogen and oxygen atoms in total. The predicted molar refractivity (Wildman–Crippen MR) is 48.9 cm³/mol. The minimum absolute atomic E-state index is 0.0732. The van der Waals surface area contributed by atoms with Crippen molar-refractivity contribution in [3.8, 4) is 0 Å². The summed E-state index contributed by atoms with van der Waals surface area (Å²) in [6.07, 6.45) is 0. The standard InChI is InChI=1S/C7H8O5S2/c8-13(9)7-3-1-6(2-4-7)5-14(10,11)12/h1-4H,5H2,(H,8,9)(H,10,11,12)/p-1. The fourth-order valence-corrected chi connectivity index (χ4v) is 1.88. The summed E-state index contributed by atoms with van der Waals surface area (Å²) in [5.74, 6) is -0.515. The molecule has 1 N–H and O–H groups in total. The van der Waals surface area contributed by atoms with Crippen LogP contribution in [-0.4, -0.2) is 21.7 Å². The lowest BCUT2D eigenvalue weighted by molar-refractivity contribution is 0.482. The number of rotatable bonds is 3. The van der Waals surface area contributed by atoms with E-state index in [2.05, 4.69) is 0 Å². The van der Waals surface area contributed by atoms with Gasteiger partial charge in [-0.15, -0.1) is 0 Å². The van der Waals surface area contributed by atoms with Gasteiger partial charge in [-0.1, -0.05) is 12.1 Å². The van der Waals surface area contributed by atoms with Crippen LogP contribution >= 0.6 is 0 Å². The zero-order chi connectivity index (χ0) is 10.8. The molecule has 78 valence electrons. The lowest BCUT2D eigenvalue weighted by Crippen LogP contribution is -2.01. The third-order valence-corrected chi connectivity index (χ3v) is 2.82. The molecule has 0 amide bonds. The second kappa shape index (κ2) is 4.18. The van der Waals surface area contributed by atoms with Gasteiger partial charge in [0.05, 0.1) is 0 Å². The van der Waals surface area contributed by atoms with Gasteiger partial charge in [0.25, 0.3) is 10.1 Å². The lowest BCUT2D eigenvalue weighted by Gasteiger charge is -2.05. The summed E-state index contributed by atoms with van der Waals surface area (Å²) in [7, 11) is -4.06. The molecule has 1 atom stereocenters. The Morgan fingerprint density at radius 3 is 2.14 bits per heavy atom. The SMILES string of the molecule is O=S([O-])c1ccc(CS(=O)(=O)O)cc1. The van der Waals surface area contributed by atoms with Gasteiger partial charge in [-0.3, -0.25) is 8.76 Å². The molecule has 1 unspecified atom stereocenters. The molecule has 1 aromatic carbocycles. The molecule has 1 aromatic rings. The highest BCUT2D eigenvalue weighted by Crippen LogP contribution is 2.09. The summed E-state index contributed by atoms with van der Waals surface area (Å²) in [6.45, 7) is 0. The first-order valence-corrected chi connectivity index (χ1v) is 6.20. The van der Waals surface area contributed by atoms with Crippen molar-refractivity contribution in [2.24, 2.45) is 0 Å². The van der Waals surface area contributed by atoms with Gasteiger partial charge < -0.3 is 4.55 Å². The fraction of sp³-hybridized carbons (Fsp3) is 0.143. The maximum absolute atomic E-state index is 10.5. The highest BCUT2D eigenvalue weighted by molar-refractivity contribution is 7.85. The van der Waals surface area contributed by atoms with Crippen molar-refractivity contribution in [2.75, 3.05) is 0 Å². The molecule has 0 spiro atoms. The van der Waals surface area contributed by atoms with E-state index in [1.807, 2.05) is 0 Å². The Labute approximate surface area is 83.8 Å². The summed E-state index contributed by atoms with van der Waals surface area (Å²) >= 11 is -2.32. The molecule has 0 heterocycles. The summed E-state index contributed by atoms with van der Waals surface area (Å²) in [5.41, 5.74) is 0.335. The minimum Gasteiger partial charge on any atom is -0.768 e. The van der Waals surface area contributed by atoms with Crippen LogP contribution in [0.5, 0.6) is 0 Å². The highest BCUT2D eigenvalue weighted by atomic mass is 32.2. The Morgan fingerprint density at radius 1 is 1.29 bits per heavy atom. The molecule has 0 saturated heterocycles.